The topological polar surface area (TPSA) is 122 Å². The van der Waals surface area contributed by atoms with Crippen molar-refractivity contribution in [1.82, 2.24) is 9.62 Å². The van der Waals surface area contributed by atoms with Crippen molar-refractivity contribution in [2.24, 2.45) is 0 Å². The number of carbonyl (C=O) groups is 2. The van der Waals surface area contributed by atoms with Gasteiger partial charge in [0, 0.05) is 19.6 Å². The van der Waals surface area contributed by atoms with E-state index in [-0.39, 0.29) is 17.0 Å². The van der Waals surface area contributed by atoms with Crippen LogP contribution >= 0.6 is 0 Å². The third-order valence-electron chi connectivity index (χ3n) is 4.87. The van der Waals surface area contributed by atoms with E-state index in [9.17, 15) is 23.1 Å². The minimum Gasteiger partial charge on any atom is -0.507 e. The van der Waals surface area contributed by atoms with Crippen LogP contribution in [0.25, 0.3) is 0 Å². The molecule has 0 aromatic heterocycles. The molecule has 0 unspecified atom stereocenters. The van der Waals surface area contributed by atoms with E-state index in [1.165, 1.54) is 10.4 Å². The molecule has 1 amide bonds. The molecule has 1 aliphatic heterocycles. The second-order valence-corrected chi connectivity index (χ2v) is 8.93. The summed E-state index contributed by atoms with van der Waals surface area (Å²) in [6, 6.07) is 10.5. The fourth-order valence-electron chi connectivity index (χ4n) is 3.12. The fraction of sp³-hybridized carbons (Fsp3) is 0.333. The number of sulfonamides is 1. The number of rotatable bonds is 8. The Hall–Kier alpha value is -3.11. The third kappa shape index (κ3) is 5.53. The van der Waals surface area contributed by atoms with Crippen LogP contribution in [0, 0.1) is 0 Å². The summed E-state index contributed by atoms with van der Waals surface area (Å²) in [6.07, 6.45) is 1.55. The van der Waals surface area contributed by atoms with Gasteiger partial charge in [0.05, 0.1) is 12.0 Å². The second kappa shape index (κ2) is 9.80. The molecule has 1 fully saturated rings. The van der Waals surface area contributed by atoms with E-state index in [4.69, 9.17) is 9.47 Å². The Labute approximate surface area is 180 Å². The normalized spacial score (nSPS) is 14.2. The molecule has 2 aromatic rings. The van der Waals surface area contributed by atoms with Gasteiger partial charge in [-0.15, -0.1) is 0 Å². The SMILES string of the molecule is COc1ccc(CNC(=O)COC(=O)c2cc(S(=O)(=O)N3CCCC3)ccc2O)cc1. The molecule has 1 aliphatic rings. The number of nitrogens with one attached hydrogen (secondary N) is 1. The first-order valence-electron chi connectivity index (χ1n) is 9.71. The Morgan fingerprint density at radius 3 is 2.42 bits per heavy atom. The number of carbonyl (C=O) groups excluding carboxylic acids is 2. The minimum atomic E-state index is -3.76. The van der Waals surface area contributed by atoms with Crippen molar-refractivity contribution in [2.75, 3.05) is 26.8 Å². The van der Waals surface area contributed by atoms with E-state index in [1.54, 1.807) is 31.4 Å². The third-order valence-corrected chi connectivity index (χ3v) is 6.77. The van der Waals surface area contributed by atoms with Crippen LogP contribution in [0.2, 0.25) is 0 Å². The van der Waals surface area contributed by atoms with Crippen molar-refractivity contribution in [2.45, 2.75) is 24.3 Å². The Morgan fingerprint density at radius 1 is 1.10 bits per heavy atom. The molecule has 10 heteroatoms. The highest BCUT2D eigenvalue weighted by Gasteiger charge is 2.28. The molecule has 0 atom stereocenters. The summed E-state index contributed by atoms with van der Waals surface area (Å²) in [5.74, 6) is -1.26. The predicted octanol–water partition coefficient (Wildman–Crippen LogP) is 1.66. The van der Waals surface area contributed by atoms with Gasteiger partial charge in [0.25, 0.3) is 5.91 Å². The zero-order valence-corrected chi connectivity index (χ0v) is 17.9. The molecule has 0 radical (unpaired) electrons. The van der Waals surface area contributed by atoms with Gasteiger partial charge in [-0.05, 0) is 48.7 Å². The molecule has 9 nitrogen and oxygen atoms in total. The lowest BCUT2D eigenvalue weighted by Gasteiger charge is -2.16. The van der Waals surface area contributed by atoms with Crippen molar-refractivity contribution >= 4 is 21.9 Å². The summed E-state index contributed by atoms with van der Waals surface area (Å²) >= 11 is 0. The molecule has 166 valence electrons. The minimum absolute atomic E-state index is 0.108. The lowest BCUT2D eigenvalue weighted by molar-refractivity contribution is -0.124. The van der Waals surface area contributed by atoms with Gasteiger partial charge < -0.3 is 19.9 Å². The van der Waals surface area contributed by atoms with Gasteiger partial charge in [-0.2, -0.15) is 4.31 Å². The van der Waals surface area contributed by atoms with Gasteiger partial charge in [0.15, 0.2) is 6.61 Å². The van der Waals surface area contributed by atoms with Crippen LogP contribution in [0.3, 0.4) is 0 Å². The standard InChI is InChI=1S/C21H24N2O7S/c1-29-16-6-4-15(5-7-16)13-22-20(25)14-30-21(26)18-12-17(8-9-19(18)24)31(27,28)23-10-2-3-11-23/h4-9,12,24H,2-3,10-11,13-14H2,1H3,(H,22,25). The molecular formula is C21H24N2O7S. The molecule has 2 N–H and O–H groups in total. The van der Waals surface area contributed by atoms with E-state index < -0.39 is 34.3 Å². The number of phenols is 1. The highest BCUT2D eigenvalue weighted by atomic mass is 32.2. The van der Waals surface area contributed by atoms with Gasteiger partial charge in [-0.1, -0.05) is 12.1 Å². The predicted molar refractivity (Wildman–Crippen MR) is 111 cm³/mol. The lowest BCUT2D eigenvalue weighted by atomic mass is 10.2. The highest BCUT2D eigenvalue weighted by molar-refractivity contribution is 7.89. The number of amides is 1. The van der Waals surface area contributed by atoms with E-state index in [0.717, 1.165) is 30.5 Å². The van der Waals surface area contributed by atoms with E-state index >= 15 is 0 Å². The van der Waals surface area contributed by atoms with Crippen LogP contribution < -0.4 is 10.1 Å². The first-order valence-corrected chi connectivity index (χ1v) is 11.1. The number of methoxy groups -OCH3 is 1. The van der Waals surface area contributed by atoms with Crippen molar-refractivity contribution in [3.05, 3.63) is 53.6 Å². The number of nitrogens with zero attached hydrogens (tertiary/aromatic N) is 1. The fourth-order valence-corrected chi connectivity index (χ4v) is 4.66. The Kier molecular flexibility index (Phi) is 7.13. The monoisotopic (exact) mass is 448 g/mol. The second-order valence-electron chi connectivity index (χ2n) is 6.99. The van der Waals surface area contributed by atoms with Gasteiger partial charge in [0.2, 0.25) is 10.0 Å². The molecule has 0 bridgehead atoms. The Morgan fingerprint density at radius 2 is 1.77 bits per heavy atom. The van der Waals surface area contributed by atoms with Crippen LogP contribution in [0.15, 0.2) is 47.4 Å². The smallest absolute Gasteiger partial charge is 0.342 e. The van der Waals surface area contributed by atoms with E-state index in [1.807, 2.05) is 0 Å². The van der Waals surface area contributed by atoms with E-state index in [2.05, 4.69) is 5.32 Å². The first-order chi connectivity index (χ1) is 14.8. The average molecular weight is 448 g/mol. The zero-order chi connectivity index (χ0) is 22.4. The maximum atomic E-state index is 12.7. The molecule has 1 heterocycles. The van der Waals surface area contributed by atoms with E-state index in [0.29, 0.717) is 18.8 Å². The number of hydrogen-bond acceptors (Lipinski definition) is 7. The number of ether oxygens (including phenoxy) is 2. The summed E-state index contributed by atoms with van der Waals surface area (Å²) in [5.41, 5.74) is 0.515. The van der Waals surface area contributed by atoms with Gasteiger partial charge in [-0.3, -0.25) is 4.79 Å². The molecule has 0 aliphatic carbocycles. The van der Waals surface area contributed by atoms with Crippen molar-refractivity contribution in [1.29, 1.82) is 0 Å². The molecule has 2 aromatic carbocycles. The first kappa shape index (κ1) is 22.6. The molecule has 3 rings (SSSR count). The van der Waals surface area contributed by atoms with Crippen molar-refractivity contribution < 1.29 is 32.6 Å². The van der Waals surface area contributed by atoms with Crippen LogP contribution in [0.4, 0.5) is 0 Å². The molecule has 0 spiro atoms. The van der Waals surface area contributed by atoms with Gasteiger partial charge in [-0.25, -0.2) is 13.2 Å². The molecule has 1 saturated heterocycles. The summed E-state index contributed by atoms with van der Waals surface area (Å²) in [7, 11) is -2.20. The molecular weight excluding hydrogens is 424 g/mol. The number of hydrogen-bond donors (Lipinski definition) is 2. The summed E-state index contributed by atoms with van der Waals surface area (Å²) < 4.78 is 36.7. The van der Waals surface area contributed by atoms with Gasteiger partial charge >= 0.3 is 5.97 Å². The number of esters is 1. The number of aromatic hydroxyl groups is 1. The van der Waals surface area contributed by atoms with Crippen LogP contribution in [0.1, 0.15) is 28.8 Å². The molecule has 31 heavy (non-hydrogen) atoms. The highest BCUT2D eigenvalue weighted by Crippen LogP contribution is 2.26. The van der Waals surface area contributed by atoms with Gasteiger partial charge in [0.1, 0.15) is 17.1 Å². The van der Waals surface area contributed by atoms with Crippen LogP contribution in [-0.4, -0.2) is 56.5 Å². The average Bonchev–Trinajstić information content (AvgIpc) is 3.32. The zero-order valence-electron chi connectivity index (χ0n) is 17.0. The summed E-state index contributed by atoms with van der Waals surface area (Å²) in [5, 5.41) is 12.6. The quantitative estimate of drug-likeness (QED) is 0.589. The Balaban J connectivity index is 1.58. The van der Waals surface area contributed by atoms with Crippen molar-refractivity contribution in [3.63, 3.8) is 0 Å². The lowest BCUT2D eigenvalue weighted by Crippen LogP contribution is -2.29. The maximum absolute atomic E-state index is 12.7. The number of benzene rings is 2. The van der Waals surface area contributed by atoms with Crippen molar-refractivity contribution in [3.8, 4) is 11.5 Å². The summed E-state index contributed by atoms with van der Waals surface area (Å²) in [6.45, 7) is 0.488. The van der Waals surface area contributed by atoms with Crippen LogP contribution in [0.5, 0.6) is 11.5 Å². The largest absolute Gasteiger partial charge is 0.507 e. The maximum Gasteiger partial charge on any atom is 0.342 e. The Bertz CT molecular complexity index is 1050. The van der Waals surface area contributed by atoms with Crippen LogP contribution in [-0.2, 0) is 26.1 Å². The number of phenolic OH excluding ortho intramolecular Hbond substituents is 1. The summed E-state index contributed by atoms with van der Waals surface area (Å²) in [4.78, 5) is 24.2. The molecule has 0 saturated carbocycles.